The minimum Gasteiger partial charge on any atom is -0.321 e. The standard InChI is InChI=1S/C16H19NOS/c1-4-12-8-6-7-9-13(12)17-16(18)15-10-11(3)14(5-2)19-15/h6-10H,4-5H2,1-3H3,(H,17,18). The Balaban J connectivity index is 2.20. The summed E-state index contributed by atoms with van der Waals surface area (Å²) in [6.07, 6.45) is 1.90. The van der Waals surface area contributed by atoms with Crippen LogP contribution in [-0.4, -0.2) is 5.91 Å². The molecule has 2 rings (SSSR count). The molecule has 1 aromatic carbocycles. The van der Waals surface area contributed by atoms with Gasteiger partial charge in [0, 0.05) is 10.6 Å². The van der Waals surface area contributed by atoms with Gasteiger partial charge in [0.15, 0.2) is 0 Å². The molecule has 0 saturated heterocycles. The normalized spacial score (nSPS) is 10.5. The lowest BCUT2D eigenvalue weighted by Crippen LogP contribution is -2.11. The minimum atomic E-state index is -0.00583. The topological polar surface area (TPSA) is 29.1 Å². The van der Waals surface area contributed by atoms with Gasteiger partial charge in [0.25, 0.3) is 5.91 Å². The predicted octanol–water partition coefficient (Wildman–Crippen LogP) is 4.43. The van der Waals surface area contributed by atoms with E-state index in [1.165, 1.54) is 16.0 Å². The first kappa shape index (κ1) is 13.8. The van der Waals surface area contributed by atoms with Crippen LogP contribution in [0, 0.1) is 6.92 Å². The van der Waals surface area contributed by atoms with Crippen molar-refractivity contribution in [1.82, 2.24) is 0 Å². The second kappa shape index (κ2) is 6.02. The van der Waals surface area contributed by atoms with Gasteiger partial charge in [-0.25, -0.2) is 0 Å². The highest BCUT2D eigenvalue weighted by molar-refractivity contribution is 7.14. The number of rotatable bonds is 4. The molecule has 100 valence electrons. The molecule has 0 aliphatic rings. The Morgan fingerprint density at radius 3 is 2.58 bits per heavy atom. The second-order valence-corrected chi connectivity index (χ2v) is 5.67. The number of carbonyl (C=O) groups is 1. The van der Waals surface area contributed by atoms with Gasteiger partial charge in [-0.2, -0.15) is 0 Å². The Morgan fingerprint density at radius 1 is 1.21 bits per heavy atom. The number of hydrogen-bond acceptors (Lipinski definition) is 2. The highest BCUT2D eigenvalue weighted by Crippen LogP contribution is 2.24. The van der Waals surface area contributed by atoms with Crippen LogP contribution >= 0.6 is 11.3 Å². The molecular formula is C16H19NOS. The lowest BCUT2D eigenvalue weighted by molar-refractivity contribution is 0.103. The van der Waals surface area contributed by atoms with E-state index in [0.717, 1.165) is 23.4 Å². The van der Waals surface area contributed by atoms with Gasteiger partial charge in [-0.05, 0) is 43.0 Å². The monoisotopic (exact) mass is 273 g/mol. The number of carbonyl (C=O) groups excluding carboxylic acids is 1. The Labute approximate surface area is 118 Å². The Bertz CT molecular complexity index is 586. The summed E-state index contributed by atoms with van der Waals surface area (Å²) in [6.45, 7) is 6.27. The molecule has 0 atom stereocenters. The van der Waals surface area contributed by atoms with Gasteiger partial charge in [-0.1, -0.05) is 32.0 Å². The number of para-hydroxylation sites is 1. The van der Waals surface area contributed by atoms with E-state index in [1.54, 1.807) is 11.3 Å². The zero-order valence-electron chi connectivity index (χ0n) is 11.6. The van der Waals surface area contributed by atoms with Crippen LogP contribution in [0.1, 0.15) is 39.5 Å². The van der Waals surface area contributed by atoms with Crippen molar-refractivity contribution in [2.45, 2.75) is 33.6 Å². The van der Waals surface area contributed by atoms with E-state index in [2.05, 4.69) is 26.1 Å². The summed E-state index contributed by atoms with van der Waals surface area (Å²) >= 11 is 1.59. The van der Waals surface area contributed by atoms with Gasteiger partial charge in [0.1, 0.15) is 0 Å². The van der Waals surface area contributed by atoms with Crippen molar-refractivity contribution in [3.05, 3.63) is 51.2 Å². The molecule has 1 heterocycles. The third-order valence-corrected chi connectivity index (χ3v) is 4.59. The lowest BCUT2D eigenvalue weighted by atomic mass is 10.1. The van der Waals surface area contributed by atoms with Crippen molar-refractivity contribution in [2.24, 2.45) is 0 Å². The molecule has 0 aliphatic carbocycles. The summed E-state index contributed by atoms with van der Waals surface area (Å²) in [6, 6.07) is 9.93. The van der Waals surface area contributed by atoms with Crippen molar-refractivity contribution in [2.75, 3.05) is 5.32 Å². The van der Waals surface area contributed by atoms with Crippen molar-refractivity contribution in [3.8, 4) is 0 Å². The van der Waals surface area contributed by atoms with E-state index < -0.39 is 0 Å². The molecule has 0 unspecified atom stereocenters. The Hall–Kier alpha value is -1.61. The maximum absolute atomic E-state index is 12.3. The molecule has 1 aromatic heterocycles. The number of amides is 1. The van der Waals surface area contributed by atoms with Crippen LogP contribution < -0.4 is 5.32 Å². The SMILES string of the molecule is CCc1ccccc1NC(=O)c1cc(C)c(CC)s1. The maximum Gasteiger partial charge on any atom is 0.265 e. The zero-order valence-corrected chi connectivity index (χ0v) is 12.4. The summed E-state index contributed by atoms with van der Waals surface area (Å²) in [4.78, 5) is 14.3. The van der Waals surface area contributed by atoms with Crippen LogP contribution in [0.25, 0.3) is 0 Å². The summed E-state index contributed by atoms with van der Waals surface area (Å²) in [5, 5.41) is 3.01. The second-order valence-electron chi connectivity index (χ2n) is 4.54. The first-order valence-corrected chi connectivity index (χ1v) is 7.45. The van der Waals surface area contributed by atoms with E-state index in [0.29, 0.717) is 0 Å². The van der Waals surface area contributed by atoms with E-state index in [4.69, 9.17) is 0 Å². The summed E-state index contributed by atoms with van der Waals surface area (Å²) in [7, 11) is 0. The predicted molar refractivity (Wildman–Crippen MR) is 82.2 cm³/mol. The Morgan fingerprint density at radius 2 is 1.95 bits per heavy atom. The van der Waals surface area contributed by atoms with Crippen molar-refractivity contribution in [1.29, 1.82) is 0 Å². The molecular weight excluding hydrogens is 254 g/mol. The Kier molecular flexibility index (Phi) is 4.38. The number of benzene rings is 1. The number of nitrogens with one attached hydrogen (secondary N) is 1. The number of thiophene rings is 1. The van der Waals surface area contributed by atoms with Crippen LogP contribution in [0.15, 0.2) is 30.3 Å². The van der Waals surface area contributed by atoms with Gasteiger partial charge in [-0.15, -0.1) is 11.3 Å². The fraction of sp³-hybridized carbons (Fsp3) is 0.312. The van der Waals surface area contributed by atoms with Crippen molar-refractivity contribution >= 4 is 22.9 Å². The molecule has 0 aliphatic heterocycles. The van der Waals surface area contributed by atoms with Crippen LogP contribution in [0.3, 0.4) is 0 Å². The quantitative estimate of drug-likeness (QED) is 0.877. The zero-order chi connectivity index (χ0) is 13.8. The minimum absolute atomic E-state index is 0.00583. The van der Waals surface area contributed by atoms with E-state index in [1.807, 2.05) is 30.3 Å². The highest BCUT2D eigenvalue weighted by Gasteiger charge is 2.12. The van der Waals surface area contributed by atoms with Crippen LogP contribution in [0.4, 0.5) is 5.69 Å². The molecule has 2 nitrogen and oxygen atoms in total. The van der Waals surface area contributed by atoms with Crippen molar-refractivity contribution in [3.63, 3.8) is 0 Å². The van der Waals surface area contributed by atoms with Crippen LogP contribution in [0.5, 0.6) is 0 Å². The maximum atomic E-state index is 12.3. The average molecular weight is 273 g/mol. The fourth-order valence-corrected chi connectivity index (χ4v) is 3.13. The van der Waals surface area contributed by atoms with Gasteiger partial charge in [0.05, 0.1) is 4.88 Å². The molecule has 1 amide bonds. The van der Waals surface area contributed by atoms with Crippen LogP contribution in [-0.2, 0) is 12.8 Å². The number of anilines is 1. The van der Waals surface area contributed by atoms with E-state index in [9.17, 15) is 4.79 Å². The molecule has 0 fully saturated rings. The smallest absolute Gasteiger partial charge is 0.265 e. The van der Waals surface area contributed by atoms with E-state index >= 15 is 0 Å². The third-order valence-electron chi connectivity index (χ3n) is 3.21. The largest absolute Gasteiger partial charge is 0.321 e. The highest BCUT2D eigenvalue weighted by atomic mass is 32.1. The molecule has 0 radical (unpaired) electrons. The molecule has 0 spiro atoms. The third kappa shape index (κ3) is 3.04. The van der Waals surface area contributed by atoms with Gasteiger partial charge < -0.3 is 5.32 Å². The van der Waals surface area contributed by atoms with Gasteiger partial charge >= 0.3 is 0 Å². The molecule has 19 heavy (non-hydrogen) atoms. The molecule has 0 saturated carbocycles. The number of hydrogen-bond donors (Lipinski definition) is 1. The van der Waals surface area contributed by atoms with Crippen LogP contribution in [0.2, 0.25) is 0 Å². The first-order chi connectivity index (χ1) is 9.15. The molecule has 0 bridgehead atoms. The number of aryl methyl sites for hydroxylation is 3. The fourth-order valence-electron chi connectivity index (χ4n) is 2.12. The summed E-state index contributed by atoms with van der Waals surface area (Å²) < 4.78 is 0. The molecule has 3 heteroatoms. The van der Waals surface area contributed by atoms with Crippen molar-refractivity contribution < 1.29 is 4.79 Å². The molecule has 2 aromatic rings. The summed E-state index contributed by atoms with van der Waals surface area (Å²) in [5.74, 6) is -0.00583. The van der Waals surface area contributed by atoms with Gasteiger partial charge in [-0.3, -0.25) is 4.79 Å². The first-order valence-electron chi connectivity index (χ1n) is 6.64. The molecule has 1 N–H and O–H groups in total. The lowest BCUT2D eigenvalue weighted by Gasteiger charge is -2.08. The van der Waals surface area contributed by atoms with Gasteiger partial charge in [0.2, 0.25) is 0 Å². The van der Waals surface area contributed by atoms with E-state index in [-0.39, 0.29) is 5.91 Å². The average Bonchev–Trinajstić information content (AvgIpc) is 2.80. The summed E-state index contributed by atoms with van der Waals surface area (Å²) in [5.41, 5.74) is 3.29.